The molecular weight excluding hydrogens is 364 g/mol. The summed E-state index contributed by atoms with van der Waals surface area (Å²) in [6.45, 7) is 0. The number of nitrogens with two attached hydrogens (primary N) is 1. The molecule has 0 aliphatic rings. The summed E-state index contributed by atoms with van der Waals surface area (Å²) in [7, 11) is 0. The van der Waals surface area contributed by atoms with Gasteiger partial charge < -0.3 is 11.1 Å². The van der Waals surface area contributed by atoms with Crippen LogP contribution in [0.3, 0.4) is 0 Å². The molecule has 0 unspecified atom stereocenters. The molecule has 0 aromatic heterocycles. The number of anilines is 3. The van der Waals surface area contributed by atoms with Gasteiger partial charge in [0.05, 0.1) is 0 Å². The lowest BCUT2D eigenvalue weighted by Gasteiger charge is -2.16. The van der Waals surface area contributed by atoms with Crippen molar-refractivity contribution >= 4 is 27.8 Å². The van der Waals surface area contributed by atoms with Crippen LogP contribution in [0.4, 0.5) is 17.1 Å². The van der Waals surface area contributed by atoms with E-state index in [4.69, 9.17) is 5.73 Å². The molecule has 0 saturated heterocycles. The largest absolute Gasteiger partial charge is 0.399 e. The van der Waals surface area contributed by atoms with Gasteiger partial charge in [-0.3, -0.25) is 0 Å². The second kappa shape index (κ2) is 7.76. The van der Waals surface area contributed by atoms with Crippen LogP contribution in [-0.4, -0.2) is 0 Å². The van der Waals surface area contributed by atoms with Crippen LogP contribution in [0.5, 0.6) is 0 Å². The third-order valence-electron chi connectivity index (χ3n) is 5.40. The predicted octanol–water partition coefficient (Wildman–Crippen LogP) is 7.50. The van der Waals surface area contributed by atoms with Gasteiger partial charge in [-0.05, 0) is 63.9 Å². The Morgan fingerprint density at radius 1 is 0.533 bits per heavy atom. The Labute approximate surface area is 176 Å². The number of rotatable bonds is 4. The van der Waals surface area contributed by atoms with Gasteiger partial charge in [0.25, 0.3) is 0 Å². The molecular formula is C28H22N2. The normalized spacial score (nSPS) is 10.8. The molecule has 0 bridgehead atoms. The first-order valence-corrected chi connectivity index (χ1v) is 10.1. The zero-order valence-corrected chi connectivity index (χ0v) is 16.5. The summed E-state index contributed by atoms with van der Waals surface area (Å²) in [5.41, 5.74) is 13.5. The quantitative estimate of drug-likeness (QED) is 0.314. The number of nitrogen functional groups attached to an aromatic ring is 1. The highest BCUT2D eigenvalue weighted by Crippen LogP contribution is 2.38. The van der Waals surface area contributed by atoms with Gasteiger partial charge in [0.1, 0.15) is 0 Å². The highest BCUT2D eigenvalue weighted by molar-refractivity contribution is 6.01. The second-order valence-electron chi connectivity index (χ2n) is 7.40. The Kier molecular flexibility index (Phi) is 4.66. The average molecular weight is 386 g/mol. The molecule has 0 radical (unpaired) electrons. The average Bonchev–Trinajstić information content (AvgIpc) is 2.80. The topological polar surface area (TPSA) is 38.0 Å². The van der Waals surface area contributed by atoms with E-state index in [0.29, 0.717) is 0 Å². The fourth-order valence-corrected chi connectivity index (χ4v) is 3.87. The summed E-state index contributed by atoms with van der Waals surface area (Å²) in [5, 5.41) is 6.08. The van der Waals surface area contributed by atoms with E-state index in [-0.39, 0.29) is 0 Å². The minimum atomic E-state index is 0.774. The highest BCUT2D eigenvalue weighted by Gasteiger charge is 2.11. The zero-order valence-electron chi connectivity index (χ0n) is 16.5. The molecule has 0 spiro atoms. The number of benzene rings is 5. The summed E-state index contributed by atoms with van der Waals surface area (Å²) in [6, 6.07) is 39.9. The molecule has 3 N–H and O–H groups in total. The fourth-order valence-electron chi connectivity index (χ4n) is 3.87. The van der Waals surface area contributed by atoms with Crippen molar-refractivity contribution in [1.82, 2.24) is 0 Å². The molecule has 0 amide bonds. The smallest absolute Gasteiger partial charge is 0.0464 e. The minimum absolute atomic E-state index is 0.774. The van der Waals surface area contributed by atoms with Gasteiger partial charge in [0, 0.05) is 22.6 Å². The van der Waals surface area contributed by atoms with Crippen molar-refractivity contribution in [2.45, 2.75) is 0 Å². The van der Waals surface area contributed by atoms with Gasteiger partial charge in [0.2, 0.25) is 0 Å². The van der Waals surface area contributed by atoms with Gasteiger partial charge in [-0.25, -0.2) is 0 Å². The molecule has 0 atom stereocenters. The van der Waals surface area contributed by atoms with Crippen molar-refractivity contribution in [3.63, 3.8) is 0 Å². The van der Waals surface area contributed by atoms with Gasteiger partial charge in [-0.2, -0.15) is 0 Å². The van der Waals surface area contributed by atoms with Crippen molar-refractivity contribution in [2.75, 3.05) is 11.1 Å². The molecule has 0 aliphatic heterocycles. The molecule has 5 rings (SSSR count). The standard InChI is InChI=1S/C28H22N2/c29-23-16-13-20(14-17-23)22-15-18-28(30-24-9-2-1-3-10-24)27(19-22)26-12-6-8-21-7-4-5-11-25(21)26/h1-19,30H,29H2. The van der Waals surface area contributed by atoms with Crippen molar-refractivity contribution < 1.29 is 0 Å². The molecule has 144 valence electrons. The van der Waals surface area contributed by atoms with Crippen LogP contribution in [0.2, 0.25) is 0 Å². The van der Waals surface area contributed by atoms with Crippen LogP contribution in [0, 0.1) is 0 Å². The summed E-state index contributed by atoms with van der Waals surface area (Å²) in [4.78, 5) is 0. The number of hydrogen-bond acceptors (Lipinski definition) is 2. The van der Waals surface area contributed by atoms with Crippen molar-refractivity contribution in [2.24, 2.45) is 0 Å². The summed E-state index contributed by atoms with van der Waals surface area (Å²) in [5.74, 6) is 0. The van der Waals surface area contributed by atoms with Crippen LogP contribution in [0.25, 0.3) is 33.0 Å². The van der Waals surface area contributed by atoms with Gasteiger partial charge in [0.15, 0.2) is 0 Å². The molecule has 30 heavy (non-hydrogen) atoms. The van der Waals surface area contributed by atoms with E-state index in [1.54, 1.807) is 0 Å². The summed E-state index contributed by atoms with van der Waals surface area (Å²) in [6.07, 6.45) is 0. The molecule has 2 nitrogen and oxygen atoms in total. The zero-order chi connectivity index (χ0) is 20.3. The maximum absolute atomic E-state index is 5.89. The molecule has 5 aromatic carbocycles. The van der Waals surface area contributed by atoms with E-state index in [1.165, 1.54) is 21.9 Å². The van der Waals surface area contributed by atoms with Gasteiger partial charge >= 0.3 is 0 Å². The summed E-state index contributed by atoms with van der Waals surface area (Å²) < 4.78 is 0. The first-order valence-electron chi connectivity index (χ1n) is 10.1. The predicted molar refractivity (Wildman–Crippen MR) is 129 cm³/mol. The maximum atomic E-state index is 5.89. The van der Waals surface area contributed by atoms with E-state index in [9.17, 15) is 0 Å². The Bertz CT molecular complexity index is 1300. The maximum Gasteiger partial charge on any atom is 0.0464 e. The molecule has 0 heterocycles. The van der Waals surface area contributed by atoms with Crippen LogP contribution >= 0.6 is 0 Å². The molecule has 0 saturated carbocycles. The third-order valence-corrected chi connectivity index (χ3v) is 5.40. The Morgan fingerprint density at radius 3 is 2.07 bits per heavy atom. The van der Waals surface area contributed by atoms with Crippen molar-refractivity contribution in [3.8, 4) is 22.3 Å². The molecule has 2 heteroatoms. The SMILES string of the molecule is Nc1ccc(-c2ccc(Nc3ccccc3)c(-c3cccc4ccccc34)c2)cc1. The highest BCUT2D eigenvalue weighted by atomic mass is 14.9. The fraction of sp³-hybridized carbons (Fsp3) is 0. The lowest BCUT2D eigenvalue weighted by atomic mass is 9.93. The second-order valence-corrected chi connectivity index (χ2v) is 7.40. The molecule has 5 aromatic rings. The lowest BCUT2D eigenvalue weighted by Crippen LogP contribution is -1.95. The van der Waals surface area contributed by atoms with Gasteiger partial charge in [-0.15, -0.1) is 0 Å². The van der Waals surface area contributed by atoms with Crippen LogP contribution in [0.15, 0.2) is 115 Å². The van der Waals surface area contributed by atoms with Gasteiger partial charge in [-0.1, -0.05) is 78.9 Å². The monoisotopic (exact) mass is 386 g/mol. The van der Waals surface area contributed by atoms with Crippen molar-refractivity contribution in [1.29, 1.82) is 0 Å². The van der Waals surface area contributed by atoms with E-state index in [1.807, 2.05) is 30.3 Å². The van der Waals surface area contributed by atoms with E-state index in [0.717, 1.165) is 28.2 Å². The van der Waals surface area contributed by atoms with E-state index in [2.05, 4.69) is 90.2 Å². The van der Waals surface area contributed by atoms with Crippen LogP contribution in [-0.2, 0) is 0 Å². The van der Waals surface area contributed by atoms with Crippen molar-refractivity contribution in [3.05, 3.63) is 115 Å². The Morgan fingerprint density at radius 2 is 1.23 bits per heavy atom. The summed E-state index contributed by atoms with van der Waals surface area (Å²) >= 11 is 0. The number of fused-ring (bicyclic) bond motifs is 1. The van der Waals surface area contributed by atoms with Crippen LogP contribution in [0.1, 0.15) is 0 Å². The van der Waals surface area contributed by atoms with Crippen LogP contribution < -0.4 is 11.1 Å². The molecule has 0 fully saturated rings. The third kappa shape index (κ3) is 3.51. The number of hydrogen-bond donors (Lipinski definition) is 2. The number of para-hydroxylation sites is 1. The van der Waals surface area contributed by atoms with E-state index < -0.39 is 0 Å². The number of nitrogens with one attached hydrogen (secondary N) is 1. The molecule has 0 aliphatic carbocycles. The Balaban J connectivity index is 1.70. The first kappa shape index (κ1) is 18.0. The first-order chi connectivity index (χ1) is 14.8. The lowest BCUT2D eigenvalue weighted by molar-refractivity contribution is 1.53. The van der Waals surface area contributed by atoms with E-state index >= 15 is 0 Å². The minimum Gasteiger partial charge on any atom is -0.399 e. The Hall–Kier alpha value is -4.04.